The van der Waals surface area contributed by atoms with Crippen molar-refractivity contribution in [1.82, 2.24) is 9.97 Å². The number of nitrogen functional groups attached to an aromatic ring is 1. The van der Waals surface area contributed by atoms with Crippen LogP contribution in [0.3, 0.4) is 0 Å². The number of H-pyrrole nitrogens is 1. The Hall–Kier alpha value is -2.23. The van der Waals surface area contributed by atoms with E-state index in [2.05, 4.69) is 25.9 Å². The van der Waals surface area contributed by atoms with Gasteiger partial charge >= 0.3 is 35.5 Å². The van der Waals surface area contributed by atoms with E-state index in [0.29, 0.717) is 24.6 Å². The van der Waals surface area contributed by atoms with Gasteiger partial charge in [-0.3, -0.25) is 9.78 Å². The number of hydrogen-bond donors (Lipinski definition) is 6. The average molecular weight is 353 g/mol. The van der Waals surface area contributed by atoms with Crippen LogP contribution in [0.15, 0.2) is 29.1 Å². The van der Waals surface area contributed by atoms with Crippen molar-refractivity contribution < 1.29 is 39.5 Å². The zero-order valence-corrected chi connectivity index (χ0v) is 15.8. The molecule has 0 bridgehead atoms. The van der Waals surface area contributed by atoms with E-state index in [1.807, 2.05) is 0 Å². The molecule has 0 spiro atoms. The van der Waals surface area contributed by atoms with Crippen LogP contribution in [0, 0.1) is 0 Å². The van der Waals surface area contributed by atoms with Crippen molar-refractivity contribution in [3.63, 3.8) is 0 Å². The summed E-state index contributed by atoms with van der Waals surface area (Å²) in [6.07, 6.45) is 0.761. The van der Waals surface area contributed by atoms with Gasteiger partial charge < -0.3 is 26.8 Å². The van der Waals surface area contributed by atoms with Crippen molar-refractivity contribution in [2.24, 2.45) is 0 Å². The number of nitrogens with two attached hydrogens (primary N) is 1. The summed E-state index contributed by atoms with van der Waals surface area (Å²) in [4.78, 5) is 29.2. The zero-order valence-electron chi connectivity index (χ0n) is 13.8. The summed E-state index contributed by atoms with van der Waals surface area (Å²) in [5.41, 5.74) is 6.70. The molecule has 1 aromatic carbocycles. The van der Waals surface area contributed by atoms with E-state index in [1.54, 1.807) is 24.3 Å². The van der Waals surface area contributed by atoms with Gasteiger partial charge in [-0.1, -0.05) is 0 Å². The van der Waals surface area contributed by atoms with Gasteiger partial charge in [0.2, 0.25) is 5.95 Å². The number of nitrogens with one attached hydrogen (secondary N) is 4. The van der Waals surface area contributed by atoms with Gasteiger partial charge in [0, 0.05) is 24.8 Å². The Morgan fingerprint density at radius 3 is 2.76 bits per heavy atom. The Balaban J connectivity index is 0.00000225. The average Bonchev–Trinajstić information content (AvgIpc) is 2.55. The zero-order chi connectivity index (χ0) is 17.1. The summed E-state index contributed by atoms with van der Waals surface area (Å²) in [6.45, 7) is 1.30. The van der Waals surface area contributed by atoms with Crippen LogP contribution in [-0.4, -0.2) is 40.2 Å². The third-order valence-electron chi connectivity index (χ3n) is 3.76. The van der Waals surface area contributed by atoms with Gasteiger partial charge in [-0.25, -0.2) is 4.79 Å². The number of rotatable bonds is 5. The molecule has 3 rings (SSSR count). The monoisotopic (exact) mass is 353 g/mol. The molecular weight excluding hydrogens is 335 g/mol. The molecule has 126 valence electrons. The van der Waals surface area contributed by atoms with Gasteiger partial charge in [0.05, 0.1) is 5.56 Å². The third-order valence-corrected chi connectivity index (χ3v) is 3.76. The second-order valence-corrected chi connectivity index (χ2v) is 5.49. The van der Waals surface area contributed by atoms with Crippen LogP contribution in [0.1, 0.15) is 16.8 Å². The van der Waals surface area contributed by atoms with Crippen molar-refractivity contribution in [3.8, 4) is 0 Å². The van der Waals surface area contributed by atoms with E-state index in [-0.39, 0.29) is 52.7 Å². The Bertz CT molecular complexity index is 808. The van der Waals surface area contributed by atoms with Crippen LogP contribution < -0.4 is 56.8 Å². The summed E-state index contributed by atoms with van der Waals surface area (Å²) >= 11 is 0. The first-order chi connectivity index (χ1) is 11.5. The first-order valence-electron chi connectivity index (χ1n) is 7.50. The minimum atomic E-state index is -0.947. The standard InChI is InChI=1S/C15H18N6O3.Na/c16-15-20-12-11(13(22)21-15)19-10(7-18-12)5-6-17-9-3-1-8(2-4-9)14(23)24;/h1-4,10,17,19H,5-7H2,(H,23,24)(H4,16,18,20,21,22);/q;+1. The molecule has 2 aromatic rings. The summed E-state index contributed by atoms with van der Waals surface area (Å²) in [5.74, 6) is -0.403. The van der Waals surface area contributed by atoms with Crippen LogP contribution in [0.2, 0.25) is 0 Å². The Morgan fingerprint density at radius 2 is 2.08 bits per heavy atom. The largest absolute Gasteiger partial charge is 1.00 e. The minimum absolute atomic E-state index is 0. The van der Waals surface area contributed by atoms with E-state index in [4.69, 9.17) is 10.8 Å². The number of carboxylic acid groups (broad SMARTS) is 1. The molecule has 1 aromatic heterocycles. The Kier molecular flexibility index (Phi) is 6.29. The summed E-state index contributed by atoms with van der Waals surface area (Å²) < 4.78 is 0. The molecule has 0 radical (unpaired) electrons. The molecule has 1 atom stereocenters. The van der Waals surface area contributed by atoms with E-state index < -0.39 is 5.97 Å². The van der Waals surface area contributed by atoms with Crippen LogP contribution in [0.5, 0.6) is 0 Å². The van der Waals surface area contributed by atoms with Gasteiger partial charge in [-0.2, -0.15) is 4.98 Å². The number of hydrogen-bond acceptors (Lipinski definition) is 7. The molecule has 1 aliphatic heterocycles. The van der Waals surface area contributed by atoms with Crippen molar-refractivity contribution in [1.29, 1.82) is 0 Å². The fourth-order valence-corrected chi connectivity index (χ4v) is 2.52. The van der Waals surface area contributed by atoms with Crippen LogP contribution in [0.25, 0.3) is 0 Å². The van der Waals surface area contributed by atoms with E-state index in [9.17, 15) is 9.59 Å². The maximum Gasteiger partial charge on any atom is 1.00 e. The number of aromatic amines is 1. The topological polar surface area (TPSA) is 145 Å². The third kappa shape index (κ3) is 4.65. The number of aromatic carboxylic acids is 1. The minimum Gasteiger partial charge on any atom is -0.478 e. The summed E-state index contributed by atoms with van der Waals surface area (Å²) in [5, 5.41) is 18.3. The van der Waals surface area contributed by atoms with Crippen molar-refractivity contribution in [3.05, 3.63) is 40.2 Å². The van der Waals surface area contributed by atoms with Gasteiger partial charge in [0.15, 0.2) is 5.82 Å². The normalized spacial score (nSPS) is 15.1. The predicted octanol–water partition coefficient (Wildman–Crippen LogP) is -2.24. The van der Waals surface area contributed by atoms with E-state index in [1.165, 1.54) is 0 Å². The molecule has 0 saturated carbocycles. The number of carboxylic acids is 1. The van der Waals surface area contributed by atoms with E-state index >= 15 is 0 Å². The maximum atomic E-state index is 11.9. The van der Waals surface area contributed by atoms with Crippen LogP contribution >= 0.6 is 0 Å². The maximum absolute atomic E-state index is 11.9. The predicted molar refractivity (Wildman–Crippen MR) is 91.7 cm³/mol. The molecule has 2 heterocycles. The second-order valence-electron chi connectivity index (χ2n) is 5.49. The number of fused-ring (bicyclic) bond motifs is 1. The van der Waals surface area contributed by atoms with Crippen LogP contribution in [-0.2, 0) is 0 Å². The molecule has 0 saturated heterocycles. The molecular formula is C15H18N6NaO3+. The number of anilines is 4. The number of nitrogens with zero attached hydrogens (tertiary/aromatic N) is 1. The van der Waals surface area contributed by atoms with E-state index in [0.717, 1.165) is 12.1 Å². The van der Waals surface area contributed by atoms with Crippen LogP contribution in [0.4, 0.5) is 23.1 Å². The van der Waals surface area contributed by atoms with Gasteiger partial charge in [-0.05, 0) is 30.7 Å². The van der Waals surface area contributed by atoms with Gasteiger partial charge in [0.25, 0.3) is 5.56 Å². The number of aromatic nitrogens is 2. The molecule has 0 amide bonds. The fraction of sp³-hybridized carbons (Fsp3) is 0.267. The van der Waals surface area contributed by atoms with Gasteiger partial charge in [-0.15, -0.1) is 0 Å². The molecule has 1 unspecified atom stereocenters. The molecule has 10 heteroatoms. The first-order valence-corrected chi connectivity index (χ1v) is 7.50. The Labute approximate surface area is 165 Å². The fourth-order valence-electron chi connectivity index (χ4n) is 2.52. The van der Waals surface area contributed by atoms with Crippen molar-refractivity contribution in [2.45, 2.75) is 12.5 Å². The number of benzene rings is 1. The Morgan fingerprint density at radius 1 is 1.36 bits per heavy atom. The first kappa shape index (κ1) is 19.1. The van der Waals surface area contributed by atoms with Crippen molar-refractivity contribution in [2.75, 3.05) is 34.8 Å². The molecule has 9 nitrogen and oxygen atoms in total. The van der Waals surface area contributed by atoms with Gasteiger partial charge in [0.1, 0.15) is 5.69 Å². The summed E-state index contributed by atoms with van der Waals surface area (Å²) in [6, 6.07) is 6.62. The second kappa shape index (κ2) is 8.24. The smallest absolute Gasteiger partial charge is 0.478 e. The quantitative estimate of drug-likeness (QED) is 0.331. The number of carbonyl (C=O) groups is 1. The summed E-state index contributed by atoms with van der Waals surface area (Å²) in [7, 11) is 0. The molecule has 0 fully saturated rings. The SMILES string of the molecule is Nc1nc2c(c(=O)[nH]1)NC(CCNc1ccc(C(=O)O)cc1)CN2.[Na+]. The van der Waals surface area contributed by atoms with Crippen molar-refractivity contribution >= 4 is 29.1 Å². The molecule has 0 aliphatic carbocycles. The molecule has 25 heavy (non-hydrogen) atoms. The molecule has 1 aliphatic rings. The molecule has 7 N–H and O–H groups in total.